The fraction of sp³-hybridized carbons (Fsp3) is 0.571. The molecule has 1 aliphatic heterocycles. The van der Waals surface area contributed by atoms with Gasteiger partial charge in [-0.2, -0.15) is 13.4 Å². The number of benzene rings is 1. The molecule has 2 heterocycles. The molecule has 12 heteroatoms. The van der Waals surface area contributed by atoms with Crippen LogP contribution in [0, 0.1) is 0 Å². The summed E-state index contributed by atoms with van der Waals surface area (Å²) in [7, 11) is -2.56. The summed E-state index contributed by atoms with van der Waals surface area (Å²) in [5.74, 6) is 0.0428. The molecule has 2 amide bonds. The average molecular weight is 485 g/mol. The minimum atomic E-state index is -4.23. The zero-order valence-electron chi connectivity index (χ0n) is 20.1. The average Bonchev–Trinajstić information content (AvgIpc) is 3.49. The molecule has 0 unspecified atom stereocenters. The Labute approximate surface area is 217 Å². The summed E-state index contributed by atoms with van der Waals surface area (Å²) in [4.78, 5) is 17.1. The Hall–Kier alpha value is -1.66. The second kappa shape index (κ2) is 9.91. The van der Waals surface area contributed by atoms with E-state index in [2.05, 4.69) is 26.2 Å². The van der Waals surface area contributed by atoms with Gasteiger partial charge < -0.3 is 11.5 Å². The van der Waals surface area contributed by atoms with Crippen LogP contribution in [0.25, 0.3) is 0 Å². The molecule has 174 valence electrons. The number of carbonyl (C=O) groups is 1. The van der Waals surface area contributed by atoms with Gasteiger partial charge in [0.05, 0.1) is 6.04 Å². The van der Waals surface area contributed by atoms with E-state index in [1.807, 2.05) is 0 Å². The molecular formula is C21H29N6NaO4S. The number of carbonyl (C=O) groups excluding carboxylic acids is 1. The molecule has 0 spiro atoms. The van der Waals surface area contributed by atoms with Crippen molar-refractivity contribution in [3.05, 3.63) is 34.6 Å². The van der Waals surface area contributed by atoms with Gasteiger partial charge >= 0.3 is 45.8 Å². The van der Waals surface area contributed by atoms with Gasteiger partial charge in [0.15, 0.2) is 0 Å². The first-order chi connectivity index (χ1) is 15.4. The van der Waals surface area contributed by atoms with Crippen molar-refractivity contribution < 1.29 is 48.9 Å². The van der Waals surface area contributed by atoms with Crippen LogP contribution in [0.3, 0.4) is 0 Å². The van der Waals surface area contributed by atoms with Crippen molar-refractivity contribution in [2.75, 3.05) is 22.8 Å². The molecule has 3 aliphatic rings. The zero-order valence-corrected chi connectivity index (χ0v) is 21.9. The monoisotopic (exact) mass is 484 g/mol. The molecule has 0 saturated carbocycles. The van der Waals surface area contributed by atoms with Gasteiger partial charge in [-0.05, 0) is 73.6 Å². The number of ether oxygens (including phenoxy) is 1. The first kappa shape index (κ1) is 24.5. The van der Waals surface area contributed by atoms with Crippen molar-refractivity contribution in [3.8, 4) is 0 Å². The van der Waals surface area contributed by atoms with Crippen molar-refractivity contribution in [1.82, 2.24) is 19.5 Å². The van der Waals surface area contributed by atoms with Crippen LogP contribution in [0.1, 0.15) is 49.4 Å². The van der Waals surface area contributed by atoms with E-state index in [0.29, 0.717) is 26.1 Å². The molecule has 10 nitrogen and oxygen atoms in total. The maximum Gasteiger partial charge on any atom is 1.00 e. The third kappa shape index (κ3) is 4.93. The number of aromatic nitrogens is 3. The van der Waals surface area contributed by atoms with E-state index in [9.17, 15) is 13.2 Å². The summed E-state index contributed by atoms with van der Waals surface area (Å²) in [5.41, 5.74) is 5.63. The van der Waals surface area contributed by atoms with Crippen molar-refractivity contribution in [2.24, 2.45) is 7.05 Å². The summed E-state index contributed by atoms with van der Waals surface area (Å²) in [6.07, 6.45) is 8.34. The van der Waals surface area contributed by atoms with Gasteiger partial charge in [-0.25, -0.2) is 13.8 Å². The van der Waals surface area contributed by atoms with E-state index in [0.717, 1.165) is 59.6 Å². The van der Waals surface area contributed by atoms with Crippen molar-refractivity contribution in [3.63, 3.8) is 0 Å². The zero-order chi connectivity index (χ0) is 22.3. The molecule has 0 radical (unpaired) electrons. The number of nitrogens with zero attached hydrogens (tertiary/aromatic N) is 4. The maximum absolute atomic E-state index is 13.3. The Kier molecular flexibility index (Phi) is 7.35. The number of hydrogen-bond donors (Lipinski definition) is 2. The molecule has 2 aliphatic carbocycles. The molecule has 1 aromatic carbocycles. The van der Waals surface area contributed by atoms with Gasteiger partial charge in [0, 0.05) is 25.9 Å². The Bertz CT molecular complexity index is 1120. The van der Waals surface area contributed by atoms with Gasteiger partial charge in [0.25, 0.3) is 5.95 Å². The molecule has 2 aromatic rings. The van der Waals surface area contributed by atoms with Crippen molar-refractivity contribution in [2.45, 2.75) is 57.4 Å². The van der Waals surface area contributed by atoms with Crippen LogP contribution in [0.4, 0.5) is 16.4 Å². The second-order valence-electron chi connectivity index (χ2n) is 8.65. The second-order valence-corrected chi connectivity index (χ2v) is 10.2. The molecule has 0 atom stereocenters. The van der Waals surface area contributed by atoms with Crippen LogP contribution in [0.15, 0.2) is 12.4 Å². The number of anilines is 2. The Morgan fingerprint density at radius 2 is 1.79 bits per heavy atom. The standard InChI is InChI=1S/C21H28N6O4S.Na.H/c1-26-13-22-20(24-26)27(16-8-10-31-11-9-16)32(29,30)25-21(28)23-19-17-6-2-4-14(17)12-15-5-3-7-18(15)19;;/h12-13,16H,2-11H2,1H3,(H2,23,25,28);;/q;+1;-1. The largest absolute Gasteiger partial charge is 1.00 e. The smallest absolute Gasteiger partial charge is 1.00 e. The summed E-state index contributed by atoms with van der Waals surface area (Å²) in [6, 6.07) is 1.12. The van der Waals surface area contributed by atoms with Crippen LogP contribution in [-0.4, -0.2) is 48.5 Å². The molecule has 1 saturated heterocycles. The van der Waals surface area contributed by atoms with Crippen LogP contribution >= 0.6 is 0 Å². The summed E-state index contributed by atoms with van der Waals surface area (Å²) < 4.78 is 36.8. The molecule has 33 heavy (non-hydrogen) atoms. The minimum absolute atomic E-state index is 0. The van der Waals surface area contributed by atoms with Gasteiger partial charge in [-0.3, -0.25) is 4.68 Å². The van der Waals surface area contributed by atoms with Crippen LogP contribution in [-0.2, 0) is 47.7 Å². The summed E-state index contributed by atoms with van der Waals surface area (Å²) in [5, 5.41) is 7.06. The van der Waals surface area contributed by atoms with E-state index < -0.39 is 16.2 Å². The van der Waals surface area contributed by atoms with Gasteiger partial charge in [-0.1, -0.05) is 6.07 Å². The number of hydrogen-bond acceptors (Lipinski definition) is 6. The first-order valence-corrected chi connectivity index (χ1v) is 12.6. The van der Waals surface area contributed by atoms with Gasteiger partial charge in [-0.15, -0.1) is 5.10 Å². The van der Waals surface area contributed by atoms with E-state index in [1.54, 1.807) is 7.05 Å². The first-order valence-electron chi connectivity index (χ1n) is 11.2. The summed E-state index contributed by atoms with van der Waals surface area (Å²) in [6.45, 7) is 0.885. The SMILES string of the molecule is Cn1cnc(N(C2CCOCC2)S(=O)(=O)NC(=O)Nc2c3c(cc4c2CCC4)CCC3)n1.[H-].[Na+]. The van der Waals surface area contributed by atoms with E-state index >= 15 is 0 Å². The van der Waals surface area contributed by atoms with E-state index in [4.69, 9.17) is 4.74 Å². The number of aryl methyl sites for hydroxylation is 3. The minimum Gasteiger partial charge on any atom is -1.00 e. The fourth-order valence-electron chi connectivity index (χ4n) is 5.09. The predicted octanol–water partition coefficient (Wildman–Crippen LogP) is -1.04. The molecule has 1 aromatic heterocycles. The van der Waals surface area contributed by atoms with Crippen molar-refractivity contribution in [1.29, 1.82) is 0 Å². The van der Waals surface area contributed by atoms with Crippen molar-refractivity contribution >= 4 is 27.9 Å². The Morgan fingerprint density at radius 3 is 2.36 bits per heavy atom. The number of rotatable bonds is 5. The molecule has 2 N–H and O–H groups in total. The number of urea groups is 1. The van der Waals surface area contributed by atoms with E-state index in [-0.39, 0.29) is 43.0 Å². The Morgan fingerprint density at radius 1 is 1.15 bits per heavy atom. The Balaban J connectivity index is 0.00000162. The predicted molar refractivity (Wildman–Crippen MR) is 120 cm³/mol. The molecule has 5 rings (SSSR count). The number of amides is 2. The third-order valence-electron chi connectivity index (χ3n) is 6.50. The quantitative estimate of drug-likeness (QED) is 0.524. The van der Waals surface area contributed by atoms with E-state index in [1.165, 1.54) is 22.1 Å². The summed E-state index contributed by atoms with van der Waals surface area (Å²) >= 11 is 0. The van der Waals surface area contributed by atoms with Gasteiger partial charge in [0.1, 0.15) is 6.33 Å². The maximum atomic E-state index is 13.3. The molecule has 0 bridgehead atoms. The van der Waals surface area contributed by atoms with Crippen LogP contribution < -0.4 is 43.9 Å². The van der Waals surface area contributed by atoms with Crippen LogP contribution in [0.5, 0.6) is 0 Å². The van der Waals surface area contributed by atoms with Crippen LogP contribution in [0.2, 0.25) is 0 Å². The van der Waals surface area contributed by atoms with Gasteiger partial charge in [0.2, 0.25) is 0 Å². The third-order valence-corrected chi connectivity index (χ3v) is 7.92. The topological polar surface area (TPSA) is 118 Å². The number of fused-ring (bicyclic) bond motifs is 2. The molecule has 1 fully saturated rings. The fourth-order valence-corrected chi connectivity index (χ4v) is 6.37. The molecular weight excluding hydrogens is 455 g/mol. The normalized spacial score (nSPS) is 17.7. The number of nitrogens with one attached hydrogen (secondary N) is 2.